The Kier molecular flexibility index (Phi) is 2.64. The summed E-state index contributed by atoms with van der Waals surface area (Å²) in [5.74, 6) is 1.08. The Bertz CT molecular complexity index is 170. The lowest BCUT2D eigenvalue weighted by Crippen LogP contribution is -2.38. The van der Waals surface area contributed by atoms with Gasteiger partial charge in [0.05, 0.1) is 0 Å². The van der Waals surface area contributed by atoms with Gasteiger partial charge in [-0.3, -0.25) is 0 Å². The van der Waals surface area contributed by atoms with E-state index in [2.05, 4.69) is 19.2 Å². The molecule has 0 amide bonds. The van der Waals surface area contributed by atoms with E-state index in [0.29, 0.717) is 5.41 Å². The topological polar surface area (TPSA) is 12.0 Å². The molecule has 0 aromatic rings. The minimum absolute atomic E-state index is 0.559. The second-order valence-corrected chi connectivity index (χ2v) is 5.62. The first-order chi connectivity index (χ1) is 6.18. The Morgan fingerprint density at radius 1 is 1.23 bits per heavy atom. The van der Waals surface area contributed by atoms with Gasteiger partial charge >= 0.3 is 0 Å². The maximum atomic E-state index is 3.74. The molecule has 1 unspecified atom stereocenters. The van der Waals surface area contributed by atoms with Gasteiger partial charge in [-0.25, -0.2) is 0 Å². The fraction of sp³-hybridized carbons (Fsp3) is 1.00. The van der Waals surface area contributed by atoms with Crippen LogP contribution in [0, 0.1) is 11.3 Å². The maximum Gasteiger partial charge on any atom is 0.0118 e. The fourth-order valence-electron chi connectivity index (χ4n) is 2.57. The highest BCUT2D eigenvalue weighted by Gasteiger charge is 2.34. The van der Waals surface area contributed by atoms with Crippen molar-refractivity contribution in [1.82, 2.24) is 5.32 Å². The normalized spacial score (nSPS) is 32.3. The molecule has 1 nitrogen and oxygen atoms in total. The lowest BCUT2D eigenvalue weighted by atomic mass is 9.87. The molecule has 2 rings (SSSR count). The summed E-state index contributed by atoms with van der Waals surface area (Å²) >= 11 is 0. The summed E-state index contributed by atoms with van der Waals surface area (Å²) in [6.07, 6.45) is 8.65. The van der Waals surface area contributed by atoms with Gasteiger partial charge in [0.2, 0.25) is 0 Å². The molecular formula is C12H23N. The van der Waals surface area contributed by atoms with Crippen LogP contribution in [0.1, 0.15) is 52.4 Å². The van der Waals surface area contributed by atoms with Crippen LogP contribution in [0.3, 0.4) is 0 Å². The van der Waals surface area contributed by atoms with Crippen LogP contribution >= 0.6 is 0 Å². The standard InChI is InChI=1S/C12H23N/c1-12(2)8-3-4-11(12)13-9-7-10-5-6-10/h10-11,13H,3-9H2,1-2H3. The average molecular weight is 181 g/mol. The highest BCUT2D eigenvalue weighted by molar-refractivity contribution is 4.90. The van der Waals surface area contributed by atoms with Crippen molar-refractivity contribution in [3.8, 4) is 0 Å². The Labute approximate surface area is 82.3 Å². The van der Waals surface area contributed by atoms with Crippen molar-refractivity contribution in [1.29, 1.82) is 0 Å². The van der Waals surface area contributed by atoms with Crippen LogP contribution in [0.25, 0.3) is 0 Å². The fourth-order valence-corrected chi connectivity index (χ4v) is 2.57. The van der Waals surface area contributed by atoms with E-state index in [1.54, 1.807) is 0 Å². The van der Waals surface area contributed by atoms with Crippen LogP contribution in [0.5, 0.6) is 0 Å². The third kappa shape index (κ3) is 2.46. The highest BCUT2D eigenvalue weighted by Crippen LogP contribution is 2.37. The lowest BCUT2D eigenvalue weighted by molar-refractivity contribution is 0.282. The van der Waals surface area contributed by atoms with Crippen molar-refractivity contribution in [3.05, 3.63) is 0 Å². The average Bonchev–Trinajstić information content (AvgIpc) is 2.79. The van der Waals surface area contributed by atoms with Gasteiger partial charge in [-0.1, -0.05) is 33.1 Å². The van der Waals surface area contributed by atoms with Crippen LogP contribution in [0.15, 0.2) is 0 Å². The van der Waals surface area contributed by atoms with Gasteiger partial charge in [-0.15, -0.1) is 0 Å². The van der Waals surface area contributed by atoms with Gasteiger partial charge < -0.3 is 5.32 Å². The van der Waals surface area contributed by atoms with Crippen molar-refractivity contribution >= 4 is 0 Å². The van der Waals surface area contributed by atoms with E-state index in [-0.39, 0.29) is 0 Å². The van der Waals surface area contributed by atoms with Gasteiger partial charge in [-0.05, 0) is 37.1 Å². The Morgan fingerprint density at radius 2 is 2.00 bits per heavy atom. The first-order valence-corrected chi connectivity index (χ1v) is 5.92. The second-order valence-electron chi connectivity index (χ2n) is 5.62. The van der Waals surface area contributed by atoms with E-state index in [1.165, 1.54) is 45.1 Å². The van der Waals surface area contributed by atoms with E-state index in [0.717, 1.165) is 12.0 Å². The van der Waals surface area contributed by atoms with E-state index in [9.17, 15) is 0 Å². The highest BCUT2D eigenvalue weighted by atomic mass is 14.9. The monoisotopic (exact) mass is 181 g/mol. The van der Waals surface area contributed by atoms with Gasteiger partial charge in [0, 0.05) is 6.04 Å². The molecule has 13 heavy (non-hydrogen) atoms. The van der Waals surface area contributed by atoms with Crippen molar-refractivity contribution in [2.75, 3.05) is 6.54 Å². The van der Waals surface area contributed by atoms with Gasteiger partial charge in [0.25, 0.3) is 0 Å². The van der Waals surface area contributed by atoms with Crippen LogP contribution in [0.4, 0.5) is 0 Å². The zero-order valence-corrected chi connectivity index (χ0v) is 9.10. The molecule has 2 aliphatic rings. The molecule has 0 heterocycles. The summed E-state index contributed by atoms with van der Waals surface area (Å²) in [4.78, 5) is 0. The van der Waals surface area contributed by atoms with E-state index >= 15 is 0 Å². The number of rotatable bonds is 4. The molecule has 1 atom stereocenters. The van der Waals surface area contributed by atoms with Gasteiger partial charge in [0.15, 0.2) is 0 Å². The van der Waals surface area contributed by atoms with Crippen LogP contribution in [-0.2, 0) is 0 Å². The maximum absolute atomic E-state index is 3.74. The predicted molar refractivity (Wildman–Crippen MR) is 56.8 cm³/mol. The van der Waals surface area contributed by atoms with Crippen LogP contribution in [0.2, 0.25) is 0 Å². The van der Waals surface area contributed by atoms with E-state index in [1.807, 2.05) is 0 Å². The predicted octanol–water partition coefficient (Wildman–Crippen LogP) is 2.95. The zero-order chi connectivity index (χ0) is 9.31. The first-order valence-electron chi connectivity index (χ1n) is 5.92. The zero-order valence-electron chi connectivity index (χ0n) is 9.10. The third-order valence-electron chi connectivity index (χ3n) is 3.90. The molecule has 1 heteroatoms. The Balaban J connectivity index is 1.67. The second kappa shape index (κ2) is 3.61. The molecule has 2 aliphatic carbocycles. The minimum Gasteiger partial charge on any atom is -0.313 e. The van der Waals surface area contributed by atoms with Crippen molar-refractivity contribution in [2.24, 2.45) is 11.3 Å². The third-order valence-corrected chi connectivity index (χ3v) is 3.90. The molecular weight excluding hydrogens is 158 g/mol. The van der Waals surface area contributed by atoms with E-state index < -0.39 is 0 Å². The molecule has 0 radical (unpaired) electrons. The Hall–Kier alpha value is -0.0400. The van der Waals surface area contributed by atoms with Crippen molar-refractivity contribution in [2.45, 2.75) is 58.4 Å². The summed E-state index contributed by atoms with van der Waals surface area (Å²) in [5.41, 5.74) is 0.559. The molecule has 76 valence electrons. The summed E-state index contributed by atoms with van der Waals surface area (Å²) in [6, 6.07) is 0.797. The van der Waals surface area contributed by atoms with Crippen LogP contribution in [-0.4, -0.2) is 12.6 Å². The minimum atomic E-state index is 0.559. The molecule has 0 saturated heterocycles. The summed E-state index contributed by atoms with van der Waals surface area (Å²) in [6.45, 7) is 6.09. The van der Waals surface area contributed by atoms with Crippen LogP contribution < -0.4 is 5.32 Å². The SMILES string of the molecule is CC1(C)CCCC1NCCC1CC1. The number of hydrogen-bond donors (Lipinski definition) is 1. The van der Waals surface area contributed by atoms with Crippen molar-refractivity contribution < 1.29 is 0 Å². The quantitative estimate of drug-likeness (QED) is 0.703. The molecule has 2 saturated carbocycles. The largest absolute Gasteiger partial charge is 0.313 e. The van der Waals surface area contributed by atoms with E-state index in [4.69, 9.17) is 0 Å². The van der Waals surface area contributed by atoms with Gasteiger partial charge in [-0.2, -0.15) is 0 Å². The Morgan fingerprint density at radius 3 is 2.54 bits per heavy atom. The number of nitrogens with one attached hydrogen (secondary N) is 1. The molecule has 0 spiro atoms. The van der Waals surface area contributed by atoms with Crippen molar-refractivity contribution in [3.63, 3.8) is 0 Å². The summed E-state index contributed by atoms with van der Waals surface area (Å²) in [7, 11) is 0. The molecule has 0 aliphatic heterocycles. The first kappa shape index (κ1) is 9.51. The lowest BCUT2D eigenvalue weighted by Gasteiger charge is -2.28. The summed E-state index contributed by atoms with van der Waals surface area (Å²) in [5, 5.41) is 3.74. The smallest absolute Gasteiger partial charge is 0.0118 e. The molecule has 0 aromatic heterocycles. The summed E-state index contributed by atoms with van der Waals surface area (Å²) < 4.78 is 0. The molecule has 0 bridgehead atoms. The molecule has 0 aromatic carbocycles. The number of hydrogen-bond acceptors (Lipinski definition) is 1. The molecule has 2 fully saturated rings. The molecule has 1 N–H and O–H groups in total. The van der Waals surface area contributed by atoms with Gasteiger partial charge in [0.1, 0.15) is 0 Å².